The second-order valence-corrected chi connectivity index (χ2v) is 8.86. The lowest BCUT2D eigenvalue weighted by Crippen LogP contribution is -2.36. The number of carbonyl (C=O) groups excluding carboxylic acids is 1. The van der Waals surface area contributed by atoms with E-state index in [9.17, 15) is 13.4 Å². The van der Waals surface area contributed by atoms with Gasteiger partial charge in [0.25, 0.3) is 5.91 Å². The third kappa shape index (κ3) is 5.51. The van der Waals surface area contributed by atoms with Gasteiger partial charge in [0.2, 0.25) is 0 Å². The molecule has 32 heavy (non-hydrogen) atoms. The first-order chi connectivity index (χ1) is 15.3. The molecule has 1 aromatic heterocycles. The zero-order valence-electron chi connectivity index (χ0n) is 18.0. The summed E-state index contributed by atoms with van der Waals surface area (Å²) in [7, 11) is 1.79. The van der Waals surface area contributed by atoms with Gasteiger partial charge < -0.3 is 5.32 Å². The molecule has 1 heterocycles. The Morgan fingerprint density at radius 3 is 2.41 bits per heavy atom. The number of anilines is 2. The summed E-state index contributed by atoms with van der Waals surface area (Å²) in [6.45, 7) is 5.08. The van der Waals surface area contributed by atoms with Crippen LogP contribution in [0, 0.1) is 5.82 Å². The molecule has 0 aliphatic carbocycles. The van der Waals surface area contributed by atoms with Crippen LogP contribution in [-0.4, -0.2) is 39.5 Å². The molecule has 0 bridgehead atoms. The van der Waals surface area contributed by atoms with Gasteiger partial charge in [-0.15, -0.1) is 0 Å². The molecule has 3 rings (SSSR count). The minimum absolute atomic E-state index is 0.299. The van der Waals surface area contributed by atoms with Gasteiger partial charge in [0, 0.05) is 37.0 Å². The number of nitrogens with one attached hydrogen (secondary N) is 1. The average molecular weight is 475 g/mol. The molecule has 0 radical (unpaired) electrons. The van der Waals surface area contributed by atoms with E-state index >= 15 is 0 Å². The van der Waals surface area contributed by atoms with Crippen LogP contribution in [0.5, 0.6) is 0 Å². The van der Waals surface area contributed by atoms with Crippen LogP contribution in [0.1, 0.15) is 24.2 Å². The SMILES string of the molecule is CCN(C)S(=O)N(CC)c1ccc(C(=O)Nc2ccc(Cl)c(-c3ccc(F)cn3)c2)cc1. The Kier molecular flexibility index (Phi) is 7.95. The highest BCUT2D eigenvalue weighted by Gasteiger charge is 2.17. The van der Waals surface area contributed by atoms with E-state index in [1.54, 1.807) is 58.1 Å². The number of pyridine rings is 1. The van der Waals surface area contributed by atoms with Gasteiger partial charge in [-0.05, 0) is 61.5 Å². The molecule has 168 valence electrons. The zero-order chi connectivity index (χ0) is 23.3. The molecule has 1 amide bonds. The Balaban J connectivity index is 1.77. The lowest BCUT2D eigenvalue weighted by atomic mass is 10.1. The lowest BCUT2D eigenvalue weighted by Gasteiger charge is -2.26. The van der Waals surface area contributed by atoms with Crippen molar-refractivity contribution in [1.29, 1.82) is 0 Å². The van der Waals surface area contributed by atoms with Crippen molar-refractivity contribution in [3.05, 3.63) is 77.2 Å². The van der Waals surface area contributed by atoms with Crippen molar-refractivity contribution in [2.24, 2.45) is 0 Å². The molecule has 0 fully saturated rings. The third-order valence-corrected chi connectivity index (χ3v) is 6.80. The van der Waals surface area contributed by atoms with E-state index in [4.69, 9.17) is 11.6 Å². The van der Waals surface area contributed by atoms with E-state index in [1.807, 2.05) is 13.8 Å². The monoisotopic (exact) mass is 474 g/mol. The molecule has 0 aliphatic heterocycles. The fourth-order valence-corrected chi connectivity index (χ4v) is 4.27. The Morgan fingerprint density at radius 1 is 1.09 bits per heavy atom. The van der Waals surface area contributed by atoms with Gasteiger partial charge in [0.1, 0.15) is 5.82 Å². The van der Waals surface area contributed by atoms with Crippen molar-refractivity contribution in [2.45, 2.75) is 13.8 Å². The van der Waals surface area contributed by atoms with Crippen LogP contribution in [0.2, 0.25) is 5.02 Å². The van der Waals surface area contributed by atoms with Crippen LogP contribution in [0.25, 0.3) is 11.3 Å². The minimum Gasteiger partial charge on any atom is -0.322 e. The Hall–Kier alpha value is -2.81. The summed E-state index contributed by atoms with van der Waals surface area (Å²) < 4.78 is 29.3. The molecule has 1 atom stereocenters. The number of hydrogen-bond acceptors (Lipinski definition) is 3. The topological polar surface area (TPSA) is 65.5 Å². The summed E-state index contributed by atoms with van der Waals surface area (Å²) >= 11 is 4.96. The van der Waals surface area contributed by atoms with Crippen LogP contribution < -0.4 is 9.62 Å². The molecule has 6 nitrogen and oxygen atoms in total. The average Bonchev–Trinajstić information content (AvgIpc) is 2.81. The molecular weight excluding hydrogens is 451 g/mol. The predicted molar refractivity (Wildman–Crippen MR) is 129 cm³/mol. The van der Waals surface area contributed by atoms with Gasteiger partial charge in [-0.1, -0.05) is 18.5 Å². The zero-order valence-corrected chi connectivity index (χ0v) is 19.6. The van der Waals surface area contributed by atoms with Crippen molar-refractivity contribution in [2.75, 3.05) is 29.8 Å². The van der Waals surface area contributed by atoms with Gasteiger partial charge in [-0.2, -0.15) is 0 Å². The first-order valence-corrected chi connectivity index (χ1v) is 11.5. The molecule has 3 aromatic rings. The number of hydrogen-bond donors (Lipinski definition) is 1. The van der Waals surface area contributed by atoms with Crippen molar-refractivity contribution in [3.8, 4) is 11.3 Å². The van der Waals surface area contributed by atoms with Crippen LogP contribution in [0.3, 0.4) is 0 Å². The summed E-state index contributed by atoms with van der Waals surface area (Å²) in [6, 6.07) is 14.8. The third-order valence-electron chi connectivity index (χ3n) is 4.83. The summed E-state index contributed by atoms with van der Waals surface area (Å²) in [6.07, 6.45) is 1.11. The molecule has 0 spiro atoms. The Bertz CT molecular complexity index is 1110. The minimum atomic E-state index is -1.30. The lowest BCUT2D eigenvalue weighted by molar-refractivity contribution is 0.102. The van der Waals surface area contributed by atoms with Crippen molar-refractivity contribution < 1.29 is 13.4 Å². The van der Waals surface area contributed by atoms with Crippen molar-refractivity contribution in [3.63, 3.8) is 0 Å². The maximum absolute atomic E-state index is 13.2. The summed E-state index contributed by atoms with van der Waals surface area (Å²) in [5, 5.41) is 3.28. The smallest absolute Gasteiger partial charge is 0.255 e. The van der Waals surface area contributed by atoms with E-state index in [-0.39, 0.29) is 5.91 Å². The summed E-state index contributed by atoms with van der Waals surface area (Å²) in [5.74, 6) is -0.740. The fourth-order valence-electron chi connectivity index (χ4n) is 2.98. The van der Waals surface area contributed by atoms with Gasteiger partial charge in [0.05, 0.1) is 22.6 Å². The number of halogens is 2. The number of amides is 1. The van der Waals surface area contributed by atoms with E-state index < -0.39 is 17.0 Å². The summed E-state index contributed by atoms with van der Waals surface area (Å²) in [4.78, 5) is 16.8. The Labute approximate surface area is 194 Å². The molecule has 0 aliphatic rings. The standard InChI is InChI=1S/C23H24ClFN4O2S/c1-4-28(3)32(31)29(5-2)19-10-6-16(7-11-19)23(30)27-18-9-12-21(24)20(14-18)22-13-8-17(25)15-26-22/h6-15H,4-5H2,1-3H3,(H,27,30). The van der Waals surface area contributed by atoms with E-state index in [0.29, 0.717) is 40.6 Å². The Morgan fingerprint density at radius 2 is 1.81 bits per heavy atom. The van der Waals surface area contributed by atoms with Crippen LogP contribution in [0.4, 0.5) is 15.8 Å². The van der Waals surface area contributed by atoms with Crippen molar-refractivity contribution in [1.82, 2.24) is 9.29 Å². The highest BCUT2D eigenvalue weighted by molar-refractivity contribution is 7.84. The number of nitrogens with zero attached hydrogens (tertiary/aromatic N) is 3. The largest absolute Gasteiger partial charge is 0.322 e. The number of benzene rings is 2. The second kappa shape index (κ2) is 10.7. The van der Waals surface area contributed by atoms with Gasteiger partial charge >= 0.3 is 0 Å². The van der Waals surface area contributed by atoms with Crippen LogP contribution in [0.15, 0.2) is 60.8 Å². The highest BCUT2D eigenvalue weighted by Crippen LogP contribution is 2.29. The van der Waals surface area contributed by atoms with Crippen molar-refractivity contribution >= 4 is 40.1 Å². The van der Waals surface area contributed by atoms with E-state index in [0.717, 1.165) is 11.9 Å². The summed E-state index contributed by atoms with van der Waals surface area (Å²) in [5.41, 5.74) is 2.84. The normalized spacial score (nSPS) is 11.9. The molecule has 1 N–H and O–H groups in total. The molecule has 2 aromatic carbocycles. The molecule has 1 unspecified atom stereocenters. The number of aromatic nitrogens is 1. The van der Waals surface area contributed by atoms with Gasteiger partial charge in [-0.25, -0.2) is 12.9 Å². The van der Waals surface area contributed by atoms with E-state index in [2.05, 4.69) is 10.3 Å². The van der Waals surface area contributed by atoms with Gasteiger partial charge in [0.15, 0.2) is 11.2 Å². The highest BCUT2D eigenvalue weighted by atomic mass is 35.5. The maximum atomic E-state index is 13.2. The fraction of sp³-hybridized carbons (Fsp3) is 0.217. The first-order valence-electron chi connectivity index (χ1n) is 10.1. The second-order valence-electron chi connectivity index (χ2n) is 6.93. The molecule has 0 saturated carbocycles. The van der Waals surface area contributed by atoms with E-state index in [1.165, 1.54) is 12.1 Å². The molecular formula is C23H24ClFN4O2S. The first kappa shape index (κ1) is 23.8. The predicted octanol–water partition coefficient (Wildman–Crippen LogP) is 5.15. The van der Waals surface area contributed by atoms with Crippen LogP contribution >= 0.6 is 11.6 Å². The number of carbonyl (C=O) groups is 1. The maximum Gasteiger partial charge on any atom is 0.255 e. The molecule has 0 saturated heterocycles. The quantitative estimate of drug-likeness (QED) is 0.491. The molecule has 9 heteroatoms. The van der Waals surface area contributed by atoms with Gasteiger partial charge in [-0.3, -0.25) is 14.1 Å². The number of rotatable bonds is 8. The van der Waals surface area contributed by atoms with Crippen LogP contribution in [-0.2, 0) is 11.2 Å².